The molecule has 0 aromatic heterocycles. The van der Waals surface area contributed by atoms with Crippen LogP contribution in [0.25, 0.3) is 0 Å². The van der Waals surface area contributed by atoms with Crippen molar-refractivity contribution in [2.45, 2.75) is 26.7 Å². The summed E-state index contributed by atoms with van der Waals surface area (Å²) in [6.07, 6.45) is 12.2. The number of rotatable bonds is 3. The first-order valence-corrected chi connectivity index (χ1v) is 5.37. The lowest BCUT2D eigenvalue weighted by atomic mass is 9.98. The molecule has 0 saturated carbocycles. The van der Waals surface area contributed by atoms with Crippen LogP contribution in [0.3, 0.4) is 0 Å². The molecular formula is C14H21N. The molecule has 1 aliphatic rings. The van der Waals surface area contributed by atoms with Crippen LogP contribution in [0.4, 0.5) is 0 Å². The van der Waals surface area contributed by atoms with Gasteiger partial charge in [0.2, 0.25) is 0 Å². The highest BCUT2D eigenvalue weighted by Gasteiger charge is 2.00. The van der Waals surface area contributed by atoms with Crippen molar-refractivity contribution in [3.63, 3.8) is 0 Å². The van der Waals surface area contributed by atoms with E-state index in [-0.39, 0.29) is 0 Å². The van der Waals surface area contributed by atoms with Crippen LogP contribution < -0.4 is 5.73 Å². The summed E-state index contributed by atoms with van der Waals surface area (Å²) < 4.78 is 0. The highest BCUT2D eigenvalue weighted by atomic mass is 14.5. The number of hydrogen-bond acceptors (Lipinski definition) is 1. The summed E-state index contributed by atoms with van der Waals surface area (Å²) in [6.45, 7) is 11.6. The summed E-state index contributed by atoms with van der Waals surface area (Å²) in [5.41, 5.74) is 8.28. The fraction of sp³-hybridized carbons (Fsp3) is 0.286. The lowest BCUT2D eigenvalue weighted by Crippen LogP contribution is -1.91. The fourth-order valence-electron chi connectivity index (χ4n) is 1.18. The van der Waals surface area contributed by atoms with Crippen LogP contribution in [-0.4, -0.2) is 0 Å². The van der Waals surface area contributed by atoms with Crippen LogP contribution >= 0.6 is 0 Å². The third kappa shape index (κ3) is 5.74. The Morgan fingerprint density at radius 1 is 1.33 bits per heavy atom. The topological polar surface area (TPSA) is 26.0 Å². The van der Waals surface area contributed by atoms with Crippen LogP contribution in [0.2, 0.25) is 0 Å². The maximum absolute atomic E-state index is 5.41. The first kappa shape index (κ1) is 13.5. The molecule has 0 spiro atoms. The van der Waals surface area contributed by atoms with E-state index in [1.54, 1.807) is 6.08 Å². The van der Waals surface area contributed by atoms with Gasteiger partial charge in [-0.15, -0.1) is 0 Å². The van der Waals surface area contributed by atoms with Gasteiger partial charge in [-0.05, 0) is 30.1 Å². The highest BCUT2D eigenvalue weighted by Crippen LogP contribution is 2.19. The Kier molecular flexibility index (Phi) is 7.08. The second-order valence-electron chi connectivity index (χ2n) is 3.09. The first-order valence-electron chi connectivity index (χ1n) is 5.37. The lowest BCUT2D eigenvalue weighted by molar-refractivity contribution is 0.979. The predicted molar refractivity (Wildman–Crippen MR) is 69.4 cm³/mol. The van der Waals surface area contributed by atoms with E-state index in [9.17, 15) is 0 Å². The molecule has 0 heterocycles. The summed E-state index contributed by atoms with van der Waals surface area (Å²) >= 11 is 0. The number of allylic oxidation sites excluding steroid dienone is 7. The summed E-state index contributed by atoms with van der Waals surface area (Å²) in [5.74, 6) is 0. The van der Waals surface area contributed by atoms with E-state index in [1.807, 2.05) is 19.9 Å². The Balaban J connectivity index is 0.000000921. The smallest absolute Gasteiger partial charge is 0.0241 e. The van der Waals surface area contributed by atoms with Crippen molar-refractivity contribution in [1.29, 1.82) is 0 Å². The van der Waals surface area contributed by atoms with E-state index in [1.165, 1.54) is 5.57 Å². The average Bonchev–Trinajstić information content (AvgIpc) is 2.30. The molecule has 0 aromatic carbocycles. The van der Waals surface area contributed by atoms with E-state index in [4.69, 9.17) is 5.73 Å². The zero-order valence-electron chi connectivity index (χ0n) is 9.79. The second kappa shape index (κ2) is 7.86. The highest BCUT2D eigenvalue weighted by molar-refractivity contribution is 5.42. The van der Waals surface area contributed by atoms with Gasteiger partial charge in [-0.2, -0.15) is 0 Å². The minimum absolute atomic E-state index is 0.563. The molecule has 0 radical (unpaired) electrons. The SMILES string of the molecule is C=C(N)/C=C\C(=C)C1=CC=CCC1.CC. The van der Waals surface area contributed by atoms with Gasteiger partial charge >= 0.3 is 0 Å². The first-order chi connectivity index (χ1) is 7.20. The molecular weight excluding hydrogens is 182 g/mol. The molecule has 15 heavy (non-hydrogen) atoms. The monoisotopic (exact) mass is 203 g/mol. The van der Waals surface area contributed by atoms with Gasteiger partial charge in [0, 0.05) is 5.70 Å². The molecule has 0 aromatic rings. The molecule has 0 bridgehead atoms. The van der Waals surface area contributed by atoms with Gasteiger partial charge in [-0.3, -0.25) is 0 Å². The molecule has 0 fully saturated rings. The van der Waals surface area contributed by atoms with Crippen molar-refractivity contribution in [2.75, 3.05) is 0 Å². The molecule has 1 rings (SSSR count). The van der Waals surface area contributed by atoms with Crippen molar-refractivity contribution < 1.29 is 0 Å². The maximum Gasteiger partial charge on any atom is 0.0241 e. The Hall–Kier alpha value is -1.50. The largest absolute Gasteiger partial charge is 0.399 e. The molecule has 1 nitrogen and oxygen atoms in total. The van der Waals surface area contributed by atoms with Crippen LogP contribution in [0.5, 0.6) is 0 Å². The normalized spacial score (nSPS) is 14.1. The van der Waals surface area contributed by atoms with E-state index < -0.39 is 0 Å². The van der Waals surface area contributed by atoms with Gasteiger partial charge in [-0.25, -0.2) is 0 Å². The molecule has 0 saturated heterocycles. The zero-order valence-corrected chi connectivity index (χ0v) is 9.79. The summed E-state index contributed by atoms with van der Waals surface area (Å²) in [4.78, 5) is 0. The van der Waals surface area contributed by atoms with Gasteiger partial charge in [0.05, 0.1) is 0 Å². The van der Waals surface area contributed by atoms with Gasteiger partial charge in [0.25, 0.3) is 0 Å². The van der Waals surface area contributed by atoms with E-state index in [0.717, 1.165) is 18.4 Å². The van der Waals surface area contributed by atoms with Crippen LogP contribution in [0.1, 0.15) is 26.7 Å². The summed E-state index contributed by atoms with van der Waals surface area (Å²) in [7, 11) is 0. The van der Waals surface area contributed by atoms with Crippen LogP contribution in [0, 0.1) is 0 Å². The quantitative estimate of drug-likeness (QED) is 0.692. The summed E-state index contributed by atoms with van der Waals surface area (Å²) in [6, 6.07) is 0. The Bertz CT molecular complexity index is 303. The summed E-state index contributed by atoms with van der Waals surface area (Å²) in [5, 5.41) is 0. The molecule has 1 aliphatic carbocycles. The number of hydrogen-bond donors (Lipinski definition) is 1. The minimum atomic E-state index is 0.563. The Morgan fingerprint density at radius 3 is 2.47 bits per heavy atom. The average molecular weight is 203 g/mol. The van der Waals surface area contributed by atoms with Crippen LogP contribution in [-0.2, 0) is 0 Å². The number of nitrogens with two attached hydrogens (primary N) is 1. The Morgan fingerprint density at radius 2 is 2.00 bits per heavy atom. The van der Waals surface area contributed by atoms with Crippen LogP contribution in [0.15, 0.2) is 60.4 Å². The fourth-order valence-corrected chi connectivity index (χ4v) is 1.18. The standard InChI is InChI=1S/C12H15N.C2H6/c1-10(8-9-11(2)13)12-6-4-3-5-7-12;1-2/h3-4,6,8-9H,1-2,5,7,13H2;1-2H3/b9-8-;. The Labute approximate surface area is 93.4 Å². The molecule has 0 aliphatic heterocycles. The zero-order chi connectivity index (χ0) is 11.7. The third-order valence-electron chi connectivity index (χ3n) is 1.92. The second-order valence-corrected chi connectivity index (χ2v) is 3.09. The molecule has 1 heteroatoms. The van der Waals surface area contributed by atoms with E-state index in [0.29, 0.717) is 5.70 Å². The van der Waals surface area contributed by atoms with Crippen molar-refractivity contribution in [2.24, 2.45) is 5.73 Å². The van der Waals surface area contributed by atoms with Crippen molar-refractivity contribution in [3.8, 4) is 0 Å². The third-order valence-corrected chi connectivity index (χ3v) is 1.92. The van der Waals surface area contributed by atoms with Gasteiger partial charge < -0.3 is 5.73 Å². The van der Waals surface area contributed by atoms with Gasteiger partial charge in [0.1, 0.15) is 0 Å². The molecule has 82 valence electrons. The van der Waals surface area contributed by atoms with E-state index in [2.05, 4.69) is 31.4 Å². The maximum atomic E-state index is 5.41. The van der Waals surface area contributed by atoms with Crippen molar-refractivity contribution >= 4 is 0 Å². The molecule has 0 atom stereocenters. The lowest BCUT2D eigenvalue weighted by Gasteiger charge is -2.08. The molecule has 0 unspecified atom stereocenters. The van der Waals surface area contributed by atoms with Crippen molar-refractivity contribution in [1.82, 2.24) is 0 Å². The van der Waals surface area contributed by atoms with E-state index >= 15 is 0 Å². The predicted octanol–water partition coefficient (Wildman–Crippen LogP) is 3.87. The minimum Gasteiger partial charge on any atom is -0.399 e. The van der Waals surface area contributed by atoms with Gasteiger partial charge in [0.15, 0.2) is 0 Å². The van der Waals surface area contributed by atoms with Gasteiger partial charge in [-0.1, -0.05) is 51.3 Å². The molecule has 0 amide bonds. The van der Waals surface area contributed by atoms with Crippen molar-refractivity contribution in [3.05, 3.63) is 60.4 Å². The molecule has 2 N–H and O–H groups in total.